The number of aliphatic hydroxyl groups excluding tert-OH is 1. The maximum Gasteiger partial charge on any atom is 0.351 e. The van der Waals surface area contributed by atoms with Crippen molar-refractivity contribution in [1.29, 1.82) is 0 Å². The second-order valence-electron chi connectivity index (χ2n) is 6.89. The molecule has 0 saturated carbocycles. The van der Waals surface area contributed by atoms with Gasteiger partial charge in [-0.3, -0.25) is 9.36 Å². The van der Waals surface area contributed by atoms with Gasteiger partial charge in [-0.1, -0.05) is 0 Å². The van der Waals surface area contributed by atoms with Gasteiger partial charge in [0.05, 0.1) is 6.10 Å². The number of aromatic nitrogens is 2. The molecule has 0 aliphatic carbocycles. The van der Waals surface area contributed by atoms with Crippen LogP contribution in [0, 0.1) is 0 Å². The van der Waals surface area contributed by atoms with Crippen LogP contribution in [0.5, 0.6) is 0 Å². The van der Waals surface area contributed by atoms with Crippen molar-refractivity contribution in [3.63, 3.8) is 0 Å². The van der Waals surface area contributed by atoms with E-state index in [-0.39, 0.29) is 11.7 Å². The zero-order valence-electron chi connectivity index (χ0n) is 15.0. The van der Waals surface area contributed by atoms with Crippen molar-refractivity contribution >= 4 is 24.9 Å². The number of rotatable bonds is 6. The number of carbonyl (C=O) groups excluding carboxylic acids is 1. The summed E-state index contributed by atoms with van der Waals surface area (Å²) in [4.78, 5) is 27.2. The predicted molar refractivity (Wildman–Crippen MR) is 98.9 cm³/mol. The third-order valence-electron chi connectivity index (χ3n) is 4.01. The first-order valence-electron chi connectivity index (χ1n) is 8.03. The average molecular weight is 371 g/mol. The summed E-state index contributed by atoms with van der Waals surface area (Å²) in [5, 5.41) is 12.9. The summed E-state index contributed by atoms with van der Waals surface area (Å²) in [6.07, 6.45) is 4.42. The number of anilines is 1. The smallest absolute Gasteiger partial charge is 0.351 e. The van der Waals surface area contributed by atoms with Crippen LogP contribution in [0.2, 0.25) is 0 Å². The SMILES string of the molecule is C=P(C)(C)CC[C@H]1OC(n2ccc(NC(C)=O)nc2=O)[C@H](OC)[C@@H]1O. The minimum atomic E-state index is -1.25. The maximum atomic E-state index is 12.3. The number of hydrogen-bond donors (Lipinski definition) is 2. The van der Waals surface area contributed by atoms with E-state index in [9.17, 15) is 14.7 Å². The molecule has 1 aliphatic heterocycles. The molecule has 140 valence electrons. The van der Waals surface area contributed by atoms with Gasteiger partial charge in [0, 0.05) is 20.2 Å². The van der Waals surface area contributed by atoms with E-state index in [0.717, 1.165) is 6.16 Å². The molecule has 1 aromatic rings. The van der Waals surface area contributed by atoms with Crippen molar-refractivity contribution < 1.29 is 19.4 Å². The van der Waals surface area contributed by atoms with E-state index >= 15 is 0 Å². The first-order chi connectivity index (χ1) is 11.6. The van der Waals surface area contributed by atoms with Crippen LogP contribution in [0.15, 0.2) is 17.1 Å². The normalized spacial score (nSPS) is 26.6. The van der Waals surface area contributed by atoms with Gasteiger partial charge in [-0.05, 0) is 32.0 Å². The van der Waals surface area contributed by atoms with Crippen LogP contribution in [0.25, 0.3) is 0 Å². The van der Waals surface area contributed by atoms with E-state index in [1.165, 1.54) is 30.9 Å². The molecule has 1 amide bonds. The Bertz CT molecular complexity index is 729. The second kappa shape index (κ2) is 7.83. The molecule has 0 radical (unpaired) electrons. The van der Waals surface area contributed by atoms with E-state index in [2.05, 4.69) is 29.9 Å². The monoisotopic (exact) mass is 371 g/mol. The van der Waals surface area contributed by atoms with Gasteiger partial charge in [-0.2, -0.15) is 4.98 Å². The fraction of sp³-hybridized carbons (Fsp3) is 0.625. The molecule has 9 heteroatoms. The van der Waals surface area contributed by atoms with Crippen molar-refractivity contribution in [3.8, 4) is 0 Å². The molecule has 8 nitrogen and oxygen atoms in total. The molecule has 2 heterocycles. The molecule has 1 unspecified atom stereocenters. The summed E-state index contributed by atoms with van der Waals surface area (Å²) in [7, 11) is 1.47. The summed E-state index contributed by atoms with van der Waals surface area (Å²) in [5.41, 5.74) is -0.587. The van der Waals surface area contributed by atoms with Crippen molar-refractivity contribution in [3.05, 3.63) is 22.7 Å². The number of ether oxygens (including phenoxy) is 2. The average Bonchev–Trinajstić information content (AvgIpc) is 2.80. The van der Waals surface area contributed by atoms with Crippen molar-refractivity contribution in [2.45, 2.75) is 37.9 Å². The van der Waals surface area contributed by atoms with Crippen LogP contribution >= 0.6 is 6.89 Å². The number of hydrogen-bond acceptors (Lipinski definition) is 6. The summed E-state index contributed by atoms with van der Waals surface area (Å²) < 4.78 is 12.5. The zero-order valence-corrected chi connectivity index (χ0v) is 15.9. The molecule has 1 aromatic heterocycles. The number of nitrogens with zero attached hydrogens (tertiary/aromatic N) is 2. The van der Waals surface area contributed by atoms with E-state index in [1.54, 1.807) is 0 Å². The predicted octanol–water partition coefficient (Wildman–Crippen LogP) is 0.574. The van der Waals surface area contributed by atoms with Crippen LogP contribution in [0.1, 0.15) is 19.6 Å². The van der Waals surface area contributed by atoms with Gasteiger partial charge >= 0.3 is 5.69 Å². The molecule has 4 atom stereocenters. The molecular weight excluding hydrogens is 345 g/mol. The summed E-state index contributed by atoms with van der Waals surface area (Å²) in [6, 6.07) is 1.50. The van der Waals surface area contributed by atoms with Crippen molar-refractivity contribution in [1.82, 2.24) is 9.55 Å². The van der Waals surface area contributed by atoms with Gasteiger partial charge in [-0.15, -0.1) is 13.2 Å². The minimum Gasteiger partial charge on any atom is -0.388 e. The zero-order chi connectivity index (χ0) is 18.8. The van der Waals surface area contributed by atoms with Crippen LogP contribution in [-0.2, 0) is 14.3 Å². The standard InChI is InChI=1S/C16H26N3O5P/c1-10(20)17-12-6-8-19(16(22)18-12)15-14(23-2)13(21)11(24-15)7-9-25(3,4)5/h6,8,11,13-15,21H,3,7,9H2,1-2,4-5H3,(H,17,18,20,22)/t11-,13-,14-,15?/m1/s1. The van der Waals surface area contributed by atoms with Gasteiger partial charge in [0.25, 0.3) is 0 Å². The molecule has 1 saturated heterocycles. The Labute approximate surface area is 147 Å². The van der Waals surface area contributed by atoms with Crippen LogP contribution in [-0.4, -0.2) is 71.8 Å². The first kappa shape index (κ1) is 19.8. The van der Waals surface area contributed by atoms with Gasteiger partial charge in [0.15, 0.2) is 6.23 Å². The molecule has 2 rings (SSSR count). The lowest BCUT2D eigenvalue weighted by Crippen LogP contribution is -2.37. The number of nitrogens with one attached hydrogen (secondary N) is 1. The van der Waals surface area contributed by atoms with Crippen LogP contribution in [0.3, 0.4) is 0 Å². The van der Waals surface area contributed by atoms with Crippen molar-refractivity contribution in [2.24, 2.45) is 0 Å². The highest BCUT2D eigenvalue weighted by Gasteiger charge is 2.45. The highest BCUT2D eigenvalue weighted by molar-refractivity contribution is 7.72. The third kappa shape index (κ3) is 5.01. The fourth-order valence-electron chi connectivity index (χ4n) is 2.77. The highest BCUT2D eigenvalue weighted by Crippen LogP contribution is 2.39. The lowest BCUT2D eigenvalue weighted by atomic mass is 10.1. The fourth-order valence-corrected chi connectivity index (χ4v) is 3.72. The molecule has 1 fully saturated rings. The van der Waals surface area contributed by atoms with E-state index < -0.39 is 37.1 Å². The summed E-state index contributed by atoms with van der Waals surface area (Å²) in [5.74, 6) is -0.146. The largest absolute Gasteiger partial charge is 0.388 e. The highest BCUT2D eigenvalue weighted by atomic mass is 31.2. The van der Waals surface area contributed by atoms with Gasteiger partial charge in [-0.25, -0.2) is 4.79 Å². The van der Waals surface area contributed by atoms with Crippen molar-refractivity contribution in [2.75, 3.05) is 31.9 Å². The Hall–Kier alpha value is -1.47. The van der Waals surface area contributed by atoms with E-state index in [1.807, 2.05) is 0 Å². The molecule has 1 aliphatic rings. The van der Waals surface area contributed by atoms with Gasteiger partial charge < -0.3 is 19.9 Å². The lowest BCUT2D eigenvalue weighted by molar-refractivity contribution is -0.114. The molecule has 25 heavy (non-hydrogen) atoms. The Morgan fingerprint density at radius 2 is 2.24 bits per heavy atom. The molecule has 0 spiro atoms. The topological polar surface area (TPSA) is 103 Å². The Balaban J connectivity index is 2.21. The molecule has 0 aromatic carbocycles. The minimum absolute atomic E-state index is 0.168. The lowest BCUT2D eigenvalue weighted by Gasteiger charge is -2.20. The number of amides is 1. The molecule has 0 bridgehead atoms. The van der Waals surface area contributed by atoms with Crippen LogP contribution in [0.4, 0.5) is 5.82 Å². The Morgan fingerprint density at radius 3 is 2.76 bits per heavy atom. The van der Waals surface area contributed by atoms with E-state index in [0.29, 0.717) is 6.42 Å². The maximum absolute atomic E-state index is 12.3. The second-order valence-corrected chi connectivity index (χ2v) is 11.2. The summed E-state index contributed by atoms with van der Waals surface area (Å²) in [6.45, 7) is 4.33. The number of carbonyl (C=O) groups is 1. The van der Waals surface area contributed by atoms with Gasteiger partial charge in [0.1, 0.15) is 18.0 Å². The van der Waals surface area contributed by atoms with Gasteiger partial charge in [0.2, 0.25) is 5.91 Å². The third-order valence-corrected chi connectivity index (χ3v) is 5.48. The number of methoxy groups -OCH3 is 1. The molecular formula is C16H26N3O5P. The number of aliphatic hydroxyl groups is 1. The quantitative estimate of drug-likeness (QED) is 0.709. The van der Waals surface area contributed by atoms with Crippen LogP contribution < -0.4 is 11.0 Å². The summed E-state index contributed by atoms with van der Waals surface area (Å²) >= 11 is 0. The Morgan fingerprint density at radius 1 is 1.56 bits per heavy atom. The molecule has 2 N–H and O–H groups in total. The van der Waals surface area contributed by atoms with E-state index in [4.69, 9.17) is 9.47 Å². The first-order valence-corrected chi connectivity index (χ1v) is 11.1. The Kier molecular flexibility index (Phi) is 6.21.